The Hall–Kier alpha value is -4.12. The van der Waals surface area contributed by atoms with Crippen LogP contribution in [0.3, 0.4) is 0 Å². The number of likely N-dealkylation sites (tertiary alicyclic amines) is 1. The molecule has 12 heteroatoms. The first-order chi connectivity index (χ1) is 17.8. The number of aromatic nitrogens is 4. The molecule has 1 aliphatic rings. The van der Waals surface area contributed by atoms with Crippen molar-refractivity contribution in [2.75, 3.05) is 12.3 Å². The fourth-order valence-corrected chi connectivity index (χ4v) is 4.73. The summed E-state index contributed by atoms with van der Waals surface area (Å²) in [6.07, 6.45) is 4.78. The van der Waals surface area contributed by atoms with Gasteiger partial charge < -0.3 is 20.5 Å². The van der Waals surface area contributed by atoms with Crippen molar-refractivity contribution in [3.8, 4) is 11.1 Å². The van der Waals surface area contributed by atoms with Crippen molar-refractivity contribution in [2.24, 2.45) is 0 Å². The predicted molar refractivity (Wildman–Crippen MR) is 133 cm³/mol. The molecular formula is C25H22ClF2N7O2. The van der Waals surface area contributed by atoms with E-state index in [1.807, 2.05) is 6.07 Å². The van der Waals surface area contributed by atoms with Crippen LogP contribution in [0.25, 0.3) is 22.2 Å². The van der Waals surface area contributed by atoms with Gasteiger partial charge in [-0.15, -0.1) is 0 Å². The van der Waals surface area contributed by atoms with Gasteiger partial charge >= 0.3 is 0 Å². The minimum Gasteiger partial charge on any atom is -0.383 e. The smallest absolute Gasteiger partial charge is 0.243 e. The molecule has 0 unspecified atom stereocenters. The molecule has 0 bridgehead atoms. The summed E-state index contributed by atoms with van der Waals surface area (Å²) in [5, 5.41) is 3.09. The van der Waals surface area contributed by atoms with Crippen molar-refractivity contribution < 1.29 is 18.4 Å². The summed E-state index contributed by atoms with van der Waals surface area (Å²) in [5.74, 6) is -1.45. The normalized spacial score (nSPS) is 17.3. The van der Waals surface area contributed by atoms with E-state index in [2.05, 4.69) is 20.3 Å². The number of nitrogens with one attached hydrogen (secondary N) is 1. The van der Waals surface area contributed by atoms with Crippen LogP contribution in [0.5, 0.6) is 0 Å². The number of nitrogen functional groups attached to an aromatic ring is 1. The van der Waals surface area contributed by atoms with Crippen LogP contribution in [0.1, 0.15) is 12.0 Å². The lowest BCUT2D eigenvalue weighted by Crippen LogP contribution is -2.46. The van der Waals surface area contributed by atoms with Gasteiger partial charge in [-0.3, -0.25) is 14.6 Å². The highest BCUT2D eigenvalue weighted by atomic mass is 35.5. The number of anilines is 1. The molecule has 9 nitrogen and oxygen atoms in total. The van der Waals surface area contributed by atoms with Crippen LogP contribution in [0, 0.1) is 5.82 Å². The summed E-state index contributed by atoms with van der Waals surface area (Å²) in [6.45, 7) is -0.575. The first-order valence-corrected chi connectivity index (χ1v) is 11.8. The molecule has 3 aromatic heterocycles. The van der Waals surface area contributed by atoms with Crippen LogP contribution in [-0.4, -0.2) is 55.0 Å². The van der Waals surface area contributed by atoms with E-state index < -0.39 is 29.8 Å². The van der Waals surface area contributed by atoms with Crippen molar-refractivity contribution in [1.29, 1.82) is 0 Å². The Morgan fingerprint density at radius 1 is 1.22 bits per heavy atom. The molecule has 2 atom stereocenters. The summed E-state index contributed by atoms with van der Waals surface area (Å²) in [7, 11) is 0. The largest absolute Gasteiger partial charge is 0.383 e. The van der Waals surface area contributed by atoms with Crippen LogP contribution in [-0.2, 0) is 22.7 Å². The first kappa shape index (κ1) is 24.6. The second kappa shape index (κ2) is 10.1. The number of hydrogen-bond acceptors (Lipinski definition) is 6. The molecule has 2 amide bonds. The summed E-state index contributed by atoms with van der Waals surface area (Å²) >= 11 is 5.80. The lowest BCUT2D eigenvalue weighted by molar-refractivity contribution is -0.139. The maximum absolute atomic E-state index is 14.4. The van der Waals surface area contributed by atoms with Crippen LogP contribution >= 0.6 is 11.6 Å². The fraction of sp³-hybridized carbons (Fsp3) is 0.240. The third kappa shape index (κ3) is 4.82. The number of hydrogen-bond donors (Lipinski definition) is 2. The Morgan fingerprint density at radius 2 is 2.05 bits per heavy atom. The van der Waals surface area contributed by atoms with Gasteiger partial charge in [0, 0.05) is 48.2 Å². The van der Waals surface area contributed by atoms with E-state index in [0.717, 1.165) is 5.56 Å². The molecule has 0 aliphatic carbocycles. The Labute approximate surface area is 215 Å². The van der Waals surface area contributed by atoms with E-state index >= 15 is 0 Å². The molecule has 4 heterocycles. The number of carbonyl (C=O) groups is 2. The number of fused-ring (bicyclic) bond motifs is 1. The summed E-state index contributed by atoms with van der Waals surface area (Å²) in [4.78, 5) is 39.9. The van der Waals surface area contributed by atoms with Crippen molar-refractivity contribution in [2.45, 2.75) is 31.7 Å². The standard InChI is InChI=1S/C25H22ClF2N7O2/c26-18-5-1-3-15(22(18)28)9-31-25(37)19-7-16(27)10-35(19)20(36)12-34-11-17(14-4-2-6-30-8-14)21-23(29)32-13-33-24(21)34/h1-6,8,11,13,16,19H,7,9-10,12H2,(H,31,37)(H2,29,32,33)/t16-,19+/m1/s1. The summed E-state index contributed by atoms with van der Waals surface area (Å²) in [6, 6.07) is 7.03. The highest BCUT2D eigenvalue weighted by molar-refractivity contribution is 6.30. The van der Waals surface area contributed by atoms with E-state index in [4.69, 9.17) is 17.3 Å². The van der Waals surface area contributed by atoms with Crippen LogP contribution in [0.15, 0.2) is 55.2 Å². The molecule has 0 saturated carbocycles. The highest BCUT2D eigenvalue weighted by Crippen LogP contribution is 2.32. The Morgan fingerprint density at radius 3 is 2.84 bits per heavy atom. The molecule has 1 fully saturated rings. The first-order valence-electron chi connectivity index (χ1n) is 11.5. The van der Waals surface area contributed by atoms with Crippen molar-refractivity contribution >= 4 is 40.3 Å². The van der Waals surface area contributed by atoms with Gasteiger partial charge in [-0.2, -0.15) is 0 Å². The Balaban J connectivity index is 1.37. The van der Waals surface area contributed by atoms with Crippen molar-refractivity contribution in [3.05, 3.63) is 71.7 Å². The lowest BCUT2D eigenvalue weighted by atomic mass is 10.1. The van der Waals surface area contributed by atoms with Gasteiger partial charge in [-0.05, 0) is 12.1 Å². The molecule has 190 valence electrons. The number of benzene rings is 1. The van der Waals surface area contributed by atoms with Crippen LogP contribution in [0.2, 0.25) is 5.02 Å². The Bertz CT molecular complexity index is 1480. The molecular weight excluding hydrogens is 504 g/mol. The van der Waals surface area contributed by atoms with Gasteiger partial charge in [0.15, 0.2) is 0 Å². The lowest BCUT2D eigenvalue weighted by Gasteiger charge is -2.24. The zero-order valence-corrected chi connectivity index (χ0v) is 20.2. The van der Waals surface area contributed by atoms with E-state index in [1.165, 1.54) is 23.4 Å². The third-order valence-electron chi connectivity index (χ3n) is 6.32. The van der Waals surface area contributed by atoms with Crippen molar-refractivity contribution in [1.82, 2.24) is 29.7 Å². The van der Waals surface area contributed by atoms with Gasteiger partial charge in [0.05, 0.1) is 17.0 Å². The average molecular weight is 526 g/mol. The number of rotatable bonds is 6. The number of carbonyl (C=O) groups excluding carboxylic acids is 2. The molecule has 37 heavy (non-hydrogen) atoms. The molecule has 1 aliphatic heterocycles. The van der Waals surface area contributed by atoms with Crippen LogP contribution in [0.4, 0.5) is 14.6 Å². The van der Waals surface area contributed by atoms with Crippen molar-refractivity contribution in [3.63, 3.8) is 0 Å². The van der Waals surface area contributed by atoms with E-state index in [1.54, 1.807) is 35.3 Å². The Kier molecular flexibility index (Phi) is 6.70. The minimum absolute atomic E-state index is 0.0673. The quantitative estimate of drug-likeness (QED) is 0.399. The highest BCUT2D eigenvalue weighted by Gasteiger charge is 2.40. The SMILES string of the molecule is Nc1ncnc2c1c(-c1cccnc1)cn2CC(=O)N1C[C@H](F)C[C@H]1C(=O)NCc1cccc(Cl)c1F. The van der Waals surface area contributed by atoms with Gasteiger partial charge in [0.25, 0.3) is 0 Å². The number of pyridine rings is 1. The maximum Gasteiger partial charge on any atom is 0.243 e. The summed E-state index contributed by atoms with van der Waals surface area (Å²) in [5.41, 5.74) is 8.19. The molecule has 0 spiro atoms. The fourth-order valence-electron chi connectivity index (χ4n) is 4.54. The third-order valence-corrected chi connectivity index (χ3v) is 6.61. The topological polar surface area (TPSA) is 119 Å². The van der Waals surface area contributed by atoms with Gasteiger partial charge in [-0.25, -0.2) is 18.7 Å². The zero-order valence-electron chi connectivity index (χ0n) is 19.4. The molecule has 1 saturated heterocycles. The molecule has 3 N–H and O–H groups in total. The van der Waals surface area contributed by atoms with Gasteiger partial charge in [-0.1, -0.05) is 29.8 Å². The molecule has 4 aromatic rings. The monoisotopic (exact) mass is 525 g/mol. The van der Waals surface area contributed by atoms with Gasteiger partial charge in [0.2, 0.25) is 11.8 Å². The molecule has 5 rings (SSSR count). The number of nitrogens with two attached hydrogens (primary N) is 1. The molecule has 1 aromatic carbocycles. The second-order valence-corrected chi connectivity index (χ2v) is 9.10. The number of alkyl halides is 1. The number of nitrogens with zero attached hydrogens (tertiary/aromatic N) is 5. The number of amides is 2. The maximum atomic E-state index is 14.4. The van der Waals surface area contributed by atoms with E-state index in [-0.39, 0.29) is 42.5 Å². The van der Waals surface area contributed by atoms with E-state index in [0.29, 0.717) is 16.6 Å². The van der Waals surface area contributed by atoms with E-state index in [9.17, 15) is 18.4 Å². The van der Waals surface area contributed by atoms with Crippen LogP contribution < -0.4 is 11.1 Å². The predicted octanol–water partition coefficient (Wildman–Crippen LogP) is 3.12. The second-order valence-electron chi connectivity index (χ2n) is 8.70. The average Bonchev–Trinajstić information content (AvgIpc) is 3.47. The molecule has 0 radical (unpaired) electrons. The summed E-state index contributed by atoms with van der Waals surface area (Å²) < 4.78 is 30.2. The zero-order chi connectivity index (χ0) is 26.1. The van der Waals surface area contributed by atoms with Gasteiger partial charge in [0.1, 0.15) is 42.4 Å². The minimum atomic E-state index is -1.37. The number of halogens is 3.